The van der Waals surface area contributed by atoms with Crippen LogP contribution in [0.25, 0.3) is 0 Å². The van der Waals surface area contributed by atoms with Crippen molar-refractivity contribution in [3.63, 3.8) is 0 Å². The highest BCUT2D eigenvalue weighted by Gasteiger charge is 2.62. The number of carbonyl (C=O) groups excluding carboxylic acids is 5. The number of ether oxygens (including phenoxy) is 2. The lowest BCUT2D eigenvalue weighted by Crippen LogP contribution is -2.60. The molecule has 3 aliphatic carbocycles. The van der Waals surface area contributed by atoms with Gasteiger partial charge >= 0.3 is 12.2 Å². The molecule has 1 aromatic rings. The topological polar surface area (TPSA) is 184 Å². The number of hydrogen-bond donors (Lipinski definition) is 3. The Kier molecular flexibility index (Phi) is 10.2. The van der Waals surface area contributed by atoms with Crippen LogP contribution >= 0.6 is 0 Å². The van der Waals surface area contributed by atoms with Crippen LogP contribution in [0.4, 0.5) is 14.0 Å². The van der Waals surface area contributed by atoms with Crippen molar-refractivity contribution in [1.29, 1.82) is 0 Å². The predicted molar refractivity (Wildman–Crippen MR) is 191 cm³/mol. The second-order valence-electron chi connectivity index (χ2n) is 16.4. The molecule has 7 rings (SSSR count). The van der Waals surface area contributed by atoms with Crippen LogP contribution in [-0.2, 0) is 47.0 Å². The summed E-state index contributed by atoms with van der Waals surface area (Å²) in [6.07, 6.45) is 5.35. The molecule has 1 aromatic carbocycles. The van der Waals surface area contributed by atoms with E-state index in [0.29, 0.717) is 43.4 Å². The van der Waals surface area contributed by atoms with Crippen LogP contribution in [0, 0.1) is 11.7 Å². The van der Waals surface area contributed by atoms with Crippen molar-refractivity contribution >= 4 is 39.9 Å². The molecular weight excluding hydrogens is 724 g/mol. The molecule has 0 unspecified atom stereocenters. The van der Waals surface area contributed by atoms with E-state index in [2.05, 4.69) is 20.3 Å². The van der Waals surface area contributed by atoms with Gasteiger partial charge in [0.2, 0.25) is 21.8 Å². The number of nitrogens with zero attached hydrogens (tertiary/aromatic N) is 3. The summed E-state index contributed by atoms with van der Waals surface area (Å²) in [6, 6.07) is 2.44. The minimum atomic E-state index is -3.93. The molecule has 5 amide bonds. The number of hydrogen-bond acceptors (Lipinski definition) is 10. The van der Waals surface area contributed by atoms with E-state index >= 15 is 0 Å². The molecule has 6 aliphatic rings. The Morgan fingerprint density at radius 3 is 2.50 bits per heavy atom. The van der Waals surface area contributed by atoms with E-state index in [1.54, 1.807) is 32.9 Å². The van der Waals surface area contributed by atoms with E-state index in [0.717, 1.165) is 12.8 Å². The zero-order chi connectivity index (χ0) is 38.6. The maximum Gasteiger partial charge on any atom is 0.410 e. The SMILES string of the molecule is CC(C)(C)OC(=O)N[C@H]1CN(C2CC2)CCC/C=C\[C@@H]2C[C@@]2(C(=O)NS(=O)(=O)C2CC2)NC(=O)[C@@H]2C[C@@H](OC(=O)N3Cc4cccc(F)c4C3)CN2C1=O. The fourth-order valence-corrected chi connectivity index (χ4v) is 9.04. The van der Waals surface area contributed by atoms with Gasteiger partial charge in [-0.1, -0.05) is 24.3 Å². The molecule has 4 fully saturated rings. The fraction of sp³-hybridized carbons (Fsp3) is 0.649. The first kappa shape index (κ1) is 38.0. The molecule has 0 radical (unpaired) electrons. The number of benzene rings is 1. The molecule has 3 saturated carbocycles. The zero-order valence-electron chi connectivity index (χ0n) is 30.8. The van der Waals surface area contributed by atoms with Gasteiger partial charge < -0.3 is 25.0 Å². The molecule has 0 bridgehead atoms. The Balaban J connectivity index is 1.17. The maximum absolute atomic E-state index is 14.6. The first-order valence-corrected chi connectivity index (χ1v) is 20.4. The lowest BCUT2D eigenvalue weighted by Gasteiger charge is -2.33. The second kappa shape index (κ2) is 14.4. The summed E-state index contributed by atoms with van der Waals surface area (Å²) in [5.74, 6) is -3.09. The lowest BCUT2D eigenvalue weighted by molar-refractivity contribution is -0.141. The Morgan fingerprint density at radius 1 is 1.06 bits per heavy atom. The van der Waals surface area contributed by atoms with Gasteiger partial charge in [0.05, 0.1) is 18.3 Å². The molecule has 54 heavy (non-hydrogen) atoms. The van der Waals surface area contributed by atoms with Gasteiger partial charge in [-0.05, 0) is 83.9 Å². The molecule has 3 heterocycles. The Labute approximate surface area is 314 Å². The van der Waals surface area contributed by atoms with E-state index in [9.17, 15) is 36.8 Å². The Bertz CT molecular complexity index is 1840. The van der Waals surface area contributed by atoms with Crippen LogP contribution in [0.15, 0.2) is 30.4 Å². The number of sulfonamides is 1. The molecule has 5 atom stereocenters. The molecule has 17 heteroatoms. The summed E-state index contributed by atoms with van der Waals surface area (Å²) in [4.78, 5) is 74.0. The molecule has 294 valence electrons. The van der Waals surface area contributed by atoms with Crippen molar-refractivity contribution in [3.05, 3.63) is 47.3 Å². The smallest absolute Gasteiger partial charge is 0.410 e. The number of rotatable bonds is 6. The van der Waals surface area contributed by atoms with Crippen molar-refractivity contribution in [3.8, 4) is 0 Å². The first-order chi connectivity index (χ1) is 25.5. The summed E-state index contributed by atoms with van der Waals surface area (Å²) < 4.78 is 53.7. The quantitative estimate of drug-likeness (QED) is 0.363. The van der Waals surface area contributed by atoms with Gasteiger partial charge in [0.25, 0.3) is 5.91 Å². The van der Waals surface area contributed by atoms with Gasteiger partial charge in [-0.25, -0.2) is 22.4 Å². The average Bonchev–Trinajstić information content (AvgIpc) is 4.02. The summed E-state index contributed by atoms with van der Waals surface area (Å²) in [6.45, 7) is 5.79. The molecule has 15 nitrogen and oxygen atoms in total. The molecular formula is C37H49FN6O9S. The molecule has 0 aromatic heterocycles. The van der Waals surface area contributed by atoms with E-state index in [4.69, 9.17) is 9.47 Å². The summed E-state index contributed by atoms with van der Waals surface area (Å²) >= 11 is 0. The first-order valence-electron chi connectivity index (χ1n) is 18.8. The van der Waals surface area contributed by atoms with Crippen molar-refractivity contribution in [2.24, 2.45) is 5.92 Å². The van der Waals surface area contributed by atoms with Crippen LogP contribution in [0.1, 0.15) is 83.3 Å². The number of amides is 5. The molecule has 1 saturated heterocycles. The Hall–Kier alpha value is -4.25. The monoisotopic (exact) mass is 772 g/mol. The van der Waals surface area contributed by atoms with Gasteiger partial charge in [0.1, 0.15) is 35.1 Å². The second-order valence-corrected chi connectivity index (χ2v) is 18.4. The van der Waals surface area contributed by atoms with Crippen molar-refractivity contribution < 1.29 is 46.3 Å². The third-order valence-corrected chi connectivity index (χ3v) is 12.7. The Morgan fingerprint density at radius 2 is 1.81 bits per heavy atom. The van der Waals surface area contributed by atoms with Gasteiger partial charge in [0, 0.05) is 37.0 Å². The summed E-state index contributed by atoms with van der Waals surface area (Å²) in [7, 11) is -3.93. The average molecular weight is 773 g/mol. The van der Waals surface area contributed by atoms with Crippen molar-refractivity contribution in [2.75, 3.05) is 19.6 Å². The zero-order valence-corrected chi connectivity index (χ0v) is 31.7. The number of allylic oxidation sites excluding steroid dienone is 1. The van der Waals surface area contributed by atoms with Crippen molar-refractivity contribution in [1.82, 2.24) is 30.1 Å². The summed E-state index contributed by atoms with van der Waals surface area (Å²) in [5, 5.41) is 4.88. The standard InChI is InChI=1S/C37H49FN6O9S/c1-36(2,3)53-34(48)39-29-21-42(24-11-12-24)15-6-4-5-9-23-17-37(23,33(47)41-54(50,51)26-13-14-26)40-31(45)30-16-25(19-44(30)32(29)46)52-35(49)43-18-22-8-7-10-28(38)27(22)20-43/h5,7-10,23-26,29-30H,4,6,11-21H2,1-3H3,(H,39,48)(H,40,45)(H,41,47)/b9-5-/t23-,25-,29+,30+,37-/m1/s1. The highest BCUT2D eigenvalue weighted by Crippen LogP contribution is 2.46. The summed E-state index contributed by atoms with van der Waals surface area (Å²) in [5.41, 5.74) is -1.39. The van der Waals surface area contributed by atoms with Gasteiger partial charge in [-0.15, -0.1) is 0 Å². The minimum absolute atomic E-state index is 0.00466. The van der Waals surface area contributed by atoms with Gasteiger partial charge in [-0.3, -0.25) is 28.9 Å². The number of alkyl carbamates (subject to hydrolysis) is 1. The minimum Gasteiger partial charge on any atom is -0.444 e. The van der Waals surface area contributed by atoms with E-state index in [1.807, 2.05) is 12.2 Å². The van der Waals surface area contributed by atoms with E-state index < -0.39 is 86.2 Å². The third-order valence-electron chi connectivity index (χ3n) is 10.9. The third kappa shape index (κ3) is 8.36. The maximum atomic E-state index is 14.6. The van der Waals surface area contributed by atoms with Crippen LogP contribution in [0.5, 0.6) is 0 Å². The molecule has 3 aliphatic heterocycles. The largest absolute Gasteiger partial charge is 0.444 e. The highest BCUT2D eigenvalue weighted by atomic mass is 32.2. The normalized spacial score (nSPS) is 29.8. The van der Waals surface area contributed by atoms with Crippen LogP contribution in [0.2, 0.25) is 0 Å². The number of halogens is 1. The van der Waals surface area contributed by atoms with Gasteiger partial charge in [-0.2, -0.15) is 0 Å². The van der Waals surface area contributed by atoms with E-state index in [1.165, 1.54) is 15.9 Å². The van der Waals surface area contributed by atoms with Crippen LogP contribution < -0.4 is 15.4 Å². The molecule has 0 spiro atoms. The number of nitrogens with one attached hydrogen (secondary N) is 3. The van der Waals surface area contributed by atoms with Crippen LogP contribution in [-0.4, -0.2) is 113 Å². The van der Waals surface area contributed by atoms with E-state index in [-0.39, 0.29) is 45.1 Å². The van der Waals surface area contributed by atoms with Gasteiger partial charge in [0.15, 0.2) is 0 Å². The van der Waals surface area contributed by atoms with Crippen LogP contribution in [0.3, 0.4) is 0 Å². The number of fused-ring (bicyclic) bond motifs is 3. The number of carbonyl (C=O) groups is 5. The fourth-order valence-electron chi connectivity index (χ4n) is 7.67. The highest BCUT2D eigenvalue weighted by molar-refractivity contribution is 7.91. The van der Waals surface area contributed by atoms with Crippen molar-refractivity contribution in [2.45, 2.75) is 126 Å². The lowest BCUT2D eigenvalue weighted by atomic mass is 10.1. The predicted octanol–water partition coefficient (Wildman–Crippen LogP) is 2.44. The molecule has 3 N–H and O–H groups in total.